The summed E-state index contributed by atoms with van der Waals surface area (Å²) in [5.41, 5.74) is 0.679. The summed E-state index contributed by atoms with van der Waals surface area (Å²) in [6.07, 6.45) is 2.48. The Morgan fingerprint density at radius 1 is 1.56 bits per heavy atom. The minimum absolute atomic E-state index is 0.104. The van der Waals surface area contributed by atoms with E-state index in [1.165, 1.54) is 12.3 Å². The maximum Gasteiger partial charge on any atom is 0.277 e. The number of anilines is 1. The second-order valence-electron chi connectivity index (χ2n) is 4.75. The van der Waals surface area contributed by atoms with Crippen LogP contribution in [0.3, 0.4) is 0 Å². The molecule has 1 rings (SSSR count). The minimum Gasteiger partial charge on any atom is -0.367 e. The van der Waals surface area contributed by atoms with Gasteiger partial charge in [0.05, 0.1) is 11.0 Å². The third-order valence-electron chi connectivity index (χ3n) is 2.68. The number of hydrogen-bond donors (Lipinski definition) is 1. The van der Waals surface area contributed by atoms with Crippen molar-refractivity contribution in [2.45, 2.75) is 26.3 Å². The molecule has 0 spiro atoms. The summed E-state index contributed by atoms with van der Waals surface area (Å²) in [6, 6.07) is 1.71. The first-order valence-electron chi connectivity index (χ1n) is 5.92. The molecule has 1 heterocycles. The fourth-order valence-corrected chi connectivity index (χ4v) is 1.57. The van der Waals surface area contributed by atoms with Crippen LogP contribution >= 0.6 is 0 Å². The molecular weight excluding hydrogens is 232 g/mol. The zero-order valence-corrected chi connectivity index (χ0v) is 11.3. The zero-order chi connectivity index (χ0) is 13.7. The lowest BCUT2D eigenvalue weighted by Crippen LogP contribution is -2.23. The van der Waals surface area contributed by atoms with Gasteiger partial charge in [0.15, 0.2) is 0 Å². The van der Waals surface area contributed by atoms with E-state index in [4.69, 9.17) is 0 Å². The molecule has 1 aromatic rings. The SMILES string of the molecule is Cc1cnc(NC(C)CCN(C)C)cc1[N+](=O)[O-]. The van der Waals surface area contributed by atoms with Crippen LogP contribution in [0.25, 0.3) is 0 Å². The van der Waals surface area contributed by atoms with Crippen molar-refractivity contribution in [2.24, 2.45) is 0 Å². The van der Waals surface area contributed by atoms with E-state index in [1.807, 2.05) is 21.0 Å². The predicted octanol–water partition coefficient (Wildman–Crippen LogP) is 2.05. The Hall–Kier alpha value is -1.69. The highest BCUT2D eigenvalue weighted by molar-refractivity contribution is 5.49. The van der Waals surface area contributed by atoms with Gasteiger partial charge in [-0.2, -0.15) is 0 Å². The van der Waals surface area contributed by atoms with Crippen LogP contribution in [-0.2, 0) is 0 Å². The summed E-state index contributed by atoms with van der Waals surface area (Å²) >= 11 is 0. The van der Waals surface area contributed by atoms with Gasteiger partial charge in [-0.05, 0) is 40.9 Å². The molecule has 0 aliphatic heterocycles. The van der Waals surface area contributed by atoms with Crippen molar-refractivity contribution in [2.75, 3.05) is 26.0 Å². The standard InChI is InChI=1S/C12H20N4O2/c1-9-8-13-12(7-11(9)16(17)18)14-10(2)5-6-15(3)4/h7-8,10H,5-6H2,1-4H3,(H,13,14). The van der Waals surface area contributed by atoms with Gasteiger partial charge in [0, 0.05) is 17.8 Å². The second kappa shape index (κ2) is 6.30. The molecular formula is C12H20N4O2. The first-order chi connectivity index (χ1) is 8.40. The molecule has 0 aromatic carbocycles. The summed E-state index contributed by atoms with van der Waals surface area (Å²) in [4.78, 5) is 16.7. The van der Waals surface area contributed by atoms with Gasteiger partial charge in [-0.1, -0.05) is 0 Å². The normalized spacial score (nSPS) is 12.5. The maximum atomic E-state index is 10.8. The maximum absolute atomic E-state index is 10.8. The Morgan fingerprint density at radius 3 is 2.78 bits per heavy atom. The number of hydrogen-bond acceptors (Lipinski definition) is 5. The van der Waals surface area contributed by atoms with E-state index in [9.17, 15) is 10.1 Å². The van der Waals surface area contributed by atoms with Crippen molar-refractivity contribution in [3.63, 3.8) is 0 Å². The first kappa shape index (κ1) is 14.4. The molecule has 0 saturated carbocycles. The van der Waals surface area contributed by atoms with Crippen LogP contribution in [0.15, 0.2) is 12.3 Å². The van der Waals surface area contributed by atoms with Crippen molar-refractivity contribution in [3.8, 4) is 0 Å². The molecule has 18 heavy (non-hydrogen) atoms. The van der Waals surface area contributed by atoms with Crippen molar-refractivity contribution in [1.29, 1.82) is 0 Å². The van der Waals surface area contributed by atoms with Crippen molar-refractivity contribution >= 4 is 11.5 Å². The quantitative estimate of drug-likeness (QED) is 0.619. The fraction of sp³-hybridized carbons (Fsp3) is 0.583. The third kappa shape index (κ3) is 4.29. The molecule has 0 aliphatic rings. The lowest BCUT2D eigenvalue weighted by Gasteiger charge is -2.17. The number of nitrogens with zero attached hydrogens (tertiary/aromatic N) is 3. The number of aromatic nitrogens is 1. The lowest BCUT2D eigenvalue weighted by atomic mass is 10.2. The van der Waals surface area contributed by atoms with Gasteiger partial charge in [0.2, 0.25) is 0 Å². The van der Waals surface area contributed by atoms with E-state index >= 15 is 0 Å². The van der Waals surface area contributed by atoms with Gasteiger partial charge in [-0.25, -0.2) is 4.98 Å². The summed E-state index contributed by atoms with van der Waals surface area (Å²) in [7, 11) is 4.03. The van der Waals surface area contributed by atoms with Crippen LogP contribution in [-0.4, -0.2) is 41.5 Å². The summed E-state index contributed by atoms with van der Waals surface area (Å²) in [6.45, 7) is 4.68. The van der Waals surface area contributed by atoms with E-state index in [2.05, 4.69) is 15.2 Å². The van der Waals surface area contributed by atoms with Crippen LogP contribution in [0.5, 0.6) is 0 Å². The van der Waals surface area contributed by atoms with Gasteiger partial charge >= 0.3 is 0 Å². The van der Waals surface area contributed by atoms with Gasteiger partial charge in [-0.3, -0.25) is 10.1 Å². The lowest BCUT2D eigenvalue weighted by molar-refractivity contribution is -0.385. The Bertz CT molecular complexity index is 421. The third-order valence-corrected chi connectivity index (χ3v) is 2.68. The molecule has 6 nitrogen and oxygen atoms in total. The predicted molar refractivity (Wildman–Crippen MR) is 71.9 cm³/mol. The van der Waals surface area contributed by atoms with Crippen molar-refractivity contribution in [1.82, 2.24) is 9.88 Å². The summed E-state index contributed by atoms with van der Waals surface area (Å²) < 4.78 is 0. The highest BCUT2D eigenvalue weighted by Crippen LogP contribution is 2.20. The molecule has 0 bridgehead atoms. The molecule has 100 valence electrons. The highest BCUT2D eigenvalue weighted by Gasteiger charge is 2.13. The average Bonchev–Trinajstić information content (AvgIpc) is 2.28. The Labute approximate surface area is 107 Å². The van der Waals surface area contributed by atoms with Crippen molar-refractivity contribution in [3.05, 3.63) is 27.9 Å². The number of nitrogens with one attached hydrogen (secondary N) is 1. The van der Waals surface area contributed by atoms with Gasteiger partial charge < -0.3 is 10.2 Å². The minimum atomic E-state index is -0.382. The van der Waals surface area contributed by atoms with Gasteiger partial charge in [0.1, 0.15) is 5.82 Å². The van der Waals surface area contributed by atoms with Crippen LogP contribution in [0.4, 0.5) is 11.5 Å². The average molecular weight is 252 g/mol. The van der Waals surface area contributed by atoms with Gasteiger partial charge in [0.25, 0.3) is 5.69 Å². The van der Waals surface area contributed by atoms with Crippen LogP contribution < -0.4 is 5.32 Å². The molecule has 0 radical (unpaired) electrons. The fourth-order valence-electron chi connectivity index (χ4n) is 1.57. The zero-order valence-electron chi connectivity index (χ0n) is 11.3. The molecule has 0 fully saturated rings. The van der Waals surface area contributed by atoms with E-state index in [-0.39, 0.29) is 16.7 Å². The van der Waals surface area contributed by atoms with Crippen LogP contribution in [0.2, 0.25) is 0 Å². The Kier molecular flexibility index (Phi) is 5.03. The number of aryl methyl sites for hydroxylation is 1. The number of pyridine rings is 1. The first-order valence-corrected chi connectivity index (χ1v) is 5.92. The highest BCUT2D eigenvalue weighted by atomic mass is 16.6. The molecule has 1 N–H and O–H groups in total. The molecule has 0 aliphatic carbocycles. The Morgan fingerprint density at radius 2 is 2.22 bits per heavy atom. The molecule has 0 saturated heterocycles. The molecule has 1 atom stereocenters. The van der Waals surface area contributed by atoms with E-state index < -0.39 is 0 Å². The van der Waals surface area contributed by atoms with Crippen LogP contribution in [0, 0.1) is 17.0 Å². The van der Waals surface area contributed by atoms with E-state index in [0.717, 1.165) is 13.0 Å². The van der Waals surface area contributed by atoms with E-state index in [0.29, 0.717) is 11.4 Å². The molecule has 6 heteroatoms. The molecule has 1 aromatic heterocycles. The van der Waals surface area contributed by atoms with E-state index in [1.54, 1.807) is 6.92 Å². The number of rotatable bonds is 6. The smallest absolute Gasteiger partial charge is 0.277 e. The largest absolute Gasteiger partial charge is 0.367 e. The van der Waals surface area contributed by atoms with Crippen molar-refractivity contribution < 1.29 is 4.92 Å². The summed E-state index contributed by atoms with van der Waals surface area (Å²) in [5.74, 6) is 0.554. The molecule has 1 unspecified atom stereocenters. The monoisotopic (exact) mass is 252 g/mol. The molecule has 0 amide bonds. The van der Waals surface area contributed by atoms with Gasteiger partial charge in [-0.15, -0.1) is 0 Å². The Balaban J connectivity index is 2.67. The topological polar surface area (TPSA) is 71.3 Å². The summed E-state index contributed by atoms with van der Waals surface area (Å²) in [5, 5.41) is 14.0. The van der Waals surface area contributed by atoms with Crippen LogP contribution in [0.1, 0.15) is 18.9 Å². The number of nitro groups is 1. The second-order valence-corrected chi connectivity index (χ2v) is 4.75.